The Kier molecular flexibility index (Phi) is 4.82. The van der Waals surface area contributed by atoms with Crippen molar-refractivity contribution in [1.82, 2.24) is 0 Å². The molecule has 0 atom stereocenters. The summed E-state index contributed by atoms with van der Waals surface area (Å²) < 4.78 is 12.8. The predicted octanol–water partition coefficient (Wildman–Crippen LogP) is 4.20. The Morgan fingerprint density at radius 2 is 1.58 bits per heavy atom. The molecule has 0 aliphatic rings. The van der Waals surface area contributed by atoms with Crippen molar-refractivity contribution < 1.29 is 4.39 Å². The van der Waals surface area contributed by atoms with Crippen LogP contribution in [-0.4, -0.2) is 11.7 Å². The molecule has 2 aromatic rings. The zero-order valence-corrected chi connectivity index (χ0v) is 11.6. The summed E-state index contributed by atoms with van der Waals surface area (Å²) >= 11 is 7.12. The number of amidine groups is 1. The minimum atomic E-state index is -0.231. The Morgan fingerprint density at radius 1 is 1.05 bits per heavy atom. The molecule has 0 radical (unpaired) electrons. The second-order valence-electron chi connectivity index (χ2n) is 3.79. The Bertz CT molecular complexity index is 567. The Labute approximate surface area is 120 Å². The molecule has 0 fully saturated rings. The third kappa shape index (κ3) is 4.26. The van der Waals surface area contributed by atoms with Crippen LogP contribution in [0, 0.1) is 5.82 Å². The van der Waals surface area contributed by atoms with Gasteiger partial charge in [-0.15, -0.1) is 11.6 Å². The van der Waals surface area contributed by atoms with Crippen LogP contribution in [0.15, 0.2) is 63.3 Å². The van der Waals surface area contributed by atoms with E-state index in [9.17, 15) is 4.39 Å². The van der Waals surface area contributed by atoms with Crippen molar-refractivity contribution >= 4 is 34.9 Å². The topological polar surface area (TPSA) is 38.4 Å². The van der Waals surface area contributed by atoms with Crippen molar-refractivity contribution in [2.45, 2.75) is 9.79 Å². The van der Waals surface area contributed by atoms with Crippen molar-refractivity contribution in [3.05, 3.63) is 54.3 Å². The van der Waals surface area contributed by atoms with Crippen molar-refractivity contribution in [1.29, 1.82) is 0 Å². The first-order valence-corrected chi connectivity index (χ1v) is 6.95. The zero-order chi connectivity index (χ0) is 13.7. The highest BCUT2D eigenvalue weighted by Crippen LogP contribution is 2.29. The minimum Gasteiger partial charge on any atom is -0.386 e. The Hall–Kier alpha value is -1.52. The highest BCUT2D eigenvalue weighted by molar-refractivity contribution is 7.99. The largest absolute Gasteiger partial charge is 0.386 e. The first kappa shape index (κ1) is 13.9. The summed E-state index contributed by atoms with van der Waals surface area (Å²) in [6, 6.07) is 14.0. The van der Waals surface area contributed by atoms with Crippen LogP contribution in [0.1, 0.15) is 0 Å². The monoisotopic (exact) mass is 294 g/mol. The average molecular weight is 295 g/mol. The molecule has 2 N–H and O–H groups in total. The van der Waals surface area contributed by atoms with Crippen LogP contribution in [0.3, 0.4) is 0 Å². The quantitative estimate of drug-likeness (QED) is 0.521. The Morgan fingerprint density at radius 3 is 2.11 bits per heavy atom. The minimum absolute atomic E-state index is 0.214. The molecule has 98 valence electrons. The molecule has 0 heterocycles. The fraction of sp³-hybridized carbons (Fsp3) is 0.0714. The predicted molar refractivity (Wildman–Crippen MR) is 79.0 cm³/mol. The smallest absolute Gasteiger partial charge is 0.123 e. The highest BCUT2D eigenvalue weighted by atomic mass is 35.5. The number of alkyl halides is 1. The molecule has 0 aromatic heterocycles. The summed E-state index contributed by atoms with van der Waals surface area (Å²) in [5.41, 5.74) is 6.32. The van der Waals surface area contributed by atoms with E-state index >= 15 is 0 Å². The van der Waals surface area contributed by atoms with Gasteiger partial charge >= 0.3 is 0 Å². The normalized spacial score (nSPS) is 11.6. The molecule has 0 aliphatic carbocycles. The fourth-order valence-electron chi connectivity index (χ4n) is 1.42. The number of hydrogen-bond donors (Lipinski definition) is 1. The zero-order valence-electron chi connectivity index (χ0n) is 10.0. The van der Waals surface area contributed by atoms with E-state index in [0.29, 0.717) is 5.84 Å². The molecule has 2 rings (SSSR count). The number of nitrogens with two attached hydrogens (primary N) is 1. The molecule has 0 amide bonds. The molecule has 0 unspecified atom stereocenters. The first-order valence-electron chi connectivity index (χ1n) is 5.60. The van der Waals surface area contributed by atoms with Crippen LogP contribution < -0.4 is 5.73 Å². The maximum Gasteiger partial charge on any atom is 0.123 e. The van der Waals surface area contributed by atoms with Gasteiger partial charge in [-0.3, -0.25) is 0 Å². The van der Waals surface area contributed by atoms with E-state index < -0.39 is 0 Å². The lowest BCUT2D eigenvalue weighted by molar-refractivity contribution is 0.626. The number of halogens is 2. The summed E-state index contributed by atoms with van der Waals surface area (Å²) in [4.78, 5) is 6.18. The molecular formula is C14H12ClFN2S. The van der Waals surface area contributed by atoms with E-state index in [1.165, 1.54) is 12.1 Å². The maximum absolute atomic E-state index is 12.8. The lowest BCUT2D eigenvalue weighted by Crippen LogP contribution is -2.12. The van der Waals surface area contributed by atoms with Gasteiger partial charge in [0.1, 0.15) is 11.7 Å². The summed E-state index contributed by atoms with van der Waals surface area (Å²) in [5.74, 6) is 0.373. The van der Waals surface area contributed by atoms with Crippen LogP contribution in [0.2, 0.25) is 0 Å². The Balaban J connectivity index is 2.08. The molecule has 19 heavy (non-hydrogen) atoms. The van der Waals surface area contributed by atoms with E-state index in [0.717, 1.165) is 15.5 Å². The van der Waals surface area contributed by atoms with Crippen LogP contribution >= 0.6 is 23.4 Å². The van der Waals surface area contributed by atoms with Crippen molar-refractivity contribution in [2.75, 3.05) is 5.88 Å². The fourth-order valence-corrected chi connectivity index (χ4v) is 2.30. The van der Waals surface area contributed by atoms with Crippen LogP contribution in [0.25, 0.3) is 0 Å². The molecular weight excluding hydrogens is 283 g/mol. The molecule has 0 spiro atoms. The molecule has 0 saturated carbocycles. The SMILES string of the molecule is NC(CCl)=Nc1ccc(Sc2ccc(F)cc2)cc1. The highest BCUT2D eigenvalue weighted by Gasteiger charge is 1.99. The van der Waals surface area contributed by atoms with Gasteiger partial charge in [0.25, 0.3) is 0 Å². The van der Waals surface area contributed by atoms with Gasteiger partial charge in [-0.2, -0.15) is 0 Å². The van der Waals surface area contributed by atoms with E-state index in [1.54, 1.807) is 23.9 Å². The number of nitrogens with zero attached hydrogens (tertiary/aromatic N) is 1. The van der Waals surface area contributed by atoms with Crippen LogP contribution in [0.4, 0.5) is 10.1 Å². The molecule has 0 saturated heterocycles. The summed E-state index contributed by atoms with van der Waals surface area (Å²) in [7, 11) is 0. The van der Waals surface area contributed by atoms with E-state index in [-0.39, 0.29) is 11.7 Å². The molecule has 2 nitrogen and oxygen atoms in total. The summed E-state index contributed by atoms with van der Waals surface area (Å²) in [6.07, 6.45) is 0. The molecule has 2 aromatic carbocycles. The number of benzene rings is 2. The van der Waals surface area contributed by atoms with Gasteiger partial charge in [0.05, 0.1) is 11.6 Å². The number of rotatable bonds is 4. The lowest BCUT2D eigenvalue weighted by atomic mass is 10.3. The van der Waals surface area contributed by atoms with E-state index in [2.05, 4.69) is 4.99 Å². The van der Waals surface area contributed by atoms with Gasteiger partial charge in [-0.1, -0.05) is 11.8 Å². The van der Waals surface area contributed by atoms with Gasteiger partial charge in [-0.05, 0) is 48.5 Å². The third-order valence-electron chi connectivity index (χ3n) is 2.30. The lowest BCUT2D eigenvalue weighted by Gasteiger charge is -2.02. The van der Waals surface area contributed by atoms with Gasteiger partial charge < -0.3 is 5.73 Å². The standard InChI is InChI=1S/C14H12ClFN2S/c15-9-14(17)18-11-3-7-13(8-4-11)19-12-5-1-10(16)2-6-12/h1-8H,9H2,(H2,17,18). The number of hydrogen-bond acceptors (Lipinski definition) is 2. The van der Waals surface area contributed by atoms with Crippen molar-refractivity contribution in [2.24, 2.45) is 10.7 Å². The van der Waals surface area contributed by atoms with Gasteiger partial charge in [0.15, 0.2) is 0 Å². The average Bonchev–Trinajstić information content (AvgIpc) is 2.43. The van der Waals surface area contributed by atoms with Gasteiger partial charge in [0, 0.05) is 9.79 Å². The third-order valence-corrected chi connectivity index (χ3v) is 3.59. The summed E-state index contributed by atoms with van der Waals surface area (Å²) in [5, 5.41) is 0. The van der Waals surface area contributed by atoms with Crippen LogP contribution in [-0.2, 0) is 0 Å². The van der Waals surface area contributed by atoms with Crippen molar-refractivity contribution in [3.63, 3.8) is 0 Å². The second-order valence-corrected chi connectivity index (χ2v) is 5.20. The van der Waals surface area contributed by atoms with Gasteiger partial charge in [-0.25, -0.2) is 9.38 Å². The summed E-state index contributed by atoms with van der Waals surface area (Å²) in [6.45, 7) is 0. The van der Waals surface area contributed by atoms with Crippen molar-refractivity contribution in [3.8, 4) is 0 Å². The molecule has 0 bridgehead atoms. The maximum atomic E-state index is 12.8. The first-order chi connectivity index (χ1) is 9.17. The second kappa shape index (κ2) is 6.59. The van der Waals surface area contributed by atoms with Crippen LogP contribution in [0.5, 0.6) is 0 Å². The molecule has 0 aliphatic heterocycles. The molecule has 5 heteroatoms. The van der Waals surface area contributed by atoms with Gasteiger partial charge in [0.2, 0.25) is 0 Å². The number of aliphatic imine (C=N–C) groups is 1. The van der Waals surface area contributed by atoms with E-state index in [4.69, 9.17) is 17.3 Å². The van der Waals surface area contributed by atoms with E-state index in [1.807, 2.05) is 24.3 Å².